The quantitative estimate of drug-likeness (QED) is 0.650. The molecule has 0 radical (unpaired) electrons. The molecular formula is C13H14N4O2S. The van der Waals surface area contributed by atoms with Crippen LogP contribution in [0.1, 0.15) is 6.42 Å². The van der Waals surface area contributed by atoms with Crippen molar-refractivity contribution >= 4 is 22.4 Å². The van der Waals surface area contributed by atoms with E-state index < -0.39 is 0 Å². The van der Waals surface area contributed by atoms with E-state index in [0.717, 1.165) is 29.2 Å². The summed E-state index contributed by atoms with van der Waals surface area (Å²) in [7, 11) is 0. The fourth-order valence-electron chi connectivity index (χ4n) is 1.88. The summed E-state index contributed by atoms with van der Waals surface area (Å²) in [6, 6.07) is 5.77. The Labute approximate surface area is 120 Å². The largest absolute Gasteiger partial charge is 0.490 e. The molecule has 0 unspecified atom stereocenters. The van der Waals surface area contributed by atoms with E-state index in [0.29, 0.717) is 18.3 Å². The van der Waals surface area contributed by atoms with Gasteiger partial charge in [0.05, 0.1) is 18.9 Å². The number of nitrogens with two attached hydrogens (primary N) is 2. The third kappa shape index (κ3) is 2.67. The third-order valence-corrected chi connectivity index (χ3v) is 3.49. The van der Waals surface area contributed by atoms with Crippen molar-refractivity contribution < 1.29 is 9.47 Å². The fraction of sp³-hybridized carbons (Fsp3) is 0.231. The number of benzene rings is 1. The molecule has 1 aliphatic rings. The lowest BCUT2D eigenvalue weighted by atomic mass is 10.1. The van der Waals surface area contributed by atoms with Crippen LogP contribution in [0.2, 0.25) is 0 Å². The van der Waals surface area contributed by atoms with E-state index in [2.05, 4.69) is 9.98 Å². The number of nitrogens with zero attached hydrogens (tertiary/aromatic N) is 2. The molecule has 2 aromatic rings. The average Bonchev–Trinajstić information content (AvgIpc) is 2.74. The lowest BCUT2D eigenvalue weighted by molar-refractivity contribution is 0.297. The van der Waals surface area contributed by atoms with E-state index in [4.69, 9.17) is 20.9 Å². The zero-order valence-electron chi connectivity index (χ0n) is 10.7. The highest BCUT2D eigenvalue weighted by molar-refractivity contribution is 7.13. The Bertz CT molecular complexity index is 650. The molecule has 6 nitrogen and oxygen atoms in total. The molecule has 0 spiro atoms. The van der Waals surface area contributed by atoms with Crippen LogP contribution >= 0.6 is 11.3 Å². The molecule has 1 aliphatic heterocycles. The smallest absolute Gasteiger partial charge is 0.212 e. The lowest BCUT2D eigenvalue weighted by Crippen LogP contribution is -2.21. The standard InChI is InChI=1S/C13H14N4O2S/c14-12(15)17-13-16-9(7-20-13)8-2-3-10-11(6-8)19-5-1-4-18-10/h2-3,6-7H,1,4-5H2,(H4,14,15,16,17). The first-order valence-corrected chi connectivity index (χ1v) is 7.05. The molecule has 0 amide bonds. The summed E-state index contributed by atoms with van der Waals surface area (Å²) in [5, 5.41) is 2.44. The maximum absolute atomic E-state index is 5.67. The van der Waals surface area contributed by atoms with E-state index in [9.17, 15) is 0 Å². The van der Waals surface area contributed by atoms with Gasteiger partial charge in [0, 0.05) is 17.4 Å². The van der Waals surface area contributed by atoms with Gasteiger partial charge in [-0.15, -0.1) is 11.3 Å². The van der Waals surface area contributed by atoms with Gasteiger partial charge in [-0.2, -0.15) is 4.99 Å². The van der Waals surface area contributed by atoms with Crippen molar-refractivity contribution in [1.29, 1.82) is 0 Å². The second kappa shape index (κ2) is 5.38. The van der Waals surface area contributed by atoms with Crippen LogP contribution in [-0.4, -0.2) is 24.2 Å². The van der Waals surface area contributed by atoms with Gasteiger partial charge in [-0.05, 0) is 18.2 Å². The van der Waals surface area contributed by atoms with Crippen molar-refractivity contribution in [3.63, 3.8) is 0 Å². The van der Waals surface area contributed by atoms with Crippen LogP contribution < -0.4 is 20.9 Å². The number of aliphatic imine (C=N–C) groups is 1. The molecule has 0 bridgehead atoms. The summed E-state index contributed by atoms with van der Waals surface area (Å²) < 4.78 is 11.3. The molecule has 0 atom stereocenters. The minimum absolute atomic E-state index is 0.00422. The molecule has 3 rings (SSSR count). The zero-order valence-corrected chi connectivity index (χ0v) is 11.5. The van der Waals surface area contributed by atoms with Crippen LogP contribution in [0.25, 0.3) is 11.3 Å². The van der Waals surface area contributed by atoms with Crippen molar-refractivity contribution in [3.8, 4) is 22.8 Å². The van der Waals surface area contributed by atoms with Crippen LogP contribution in [0.3, 0.4) is 0 Å². The molecule has 0 saturated carbocycles. The van der Waals surface area contributed by atoms with Crippen molar-refractivity contribution in [1.82, 2.24) is 4.98 Å². The summed E-state index contributed by atoms with van der Waals surface area (Å²) >= 11 is 1.38. The number of rotatable bonds is 2. The highest BCUT2D eigenvalue weighted by atomic mass is 32.1. The van der Waals surface area contributed by atoms with Gasteiger partial charge < -0.3 is 20.9 Å². The summed E-state index contributed by atoms with van der Waals surface area (Å²) in [5.74, 6) is 1.52. The predicted molar refractivity (Wildman–Crippen MR) is 78.6 cm³/mol. The molecule has 2 heterocycles. The second-order valence-corrected chi connectivity index (χ2v) is 5.10. The monoisotopic (exact) mass is 290 g/mol. The first-order valence-electron chi connectivity index (χ1n) is 6.17. The van der Waals surface area contributed by atoms with Crippen molar-refractivity contribution in [2.75, 3.05) is 13.2 Å². The molecule has 0 fully saturated rings. The number of aromatic nitrogens is 1. The topological polar surface area (TPSA) is 95.8 Å². The zero-order chi connectivity index (χ0) is 13.9. The molecule has 4 N–H and O–H groups in total. The van der Waals surface area contributed by atoms with Crippen LogP contribution in [-0.2, 0) is 0 Å². The van der Waals surface area contributed by atoms with Gasteiger partial charge in [-0.1, -0.05) is 0 Å². The fourth-order valence-corrected chi connectivity index (χ4v) is 2.60. The van der Waals surface area contributed by atoms with Crippen LogP contribution in [0, 0.1) is 0 Å². The maximum atomic E-state index is 5.67. The van der Waals surface area contributed by atoms with Gasteiger partial charge in [0.2, 0.25) is 5.13 Å². The molecule has 1 aromatic heterocycles. The number of fused-ring (bicyclic) bond motifs is 1. The first kappa shape index (κ1) is 12.7. The Morgan fingerprint density at radius 1 is 1.20 bits per heavy atom. The highest BCUT2D eigenvalue weighted by Gasteiger charge is 2.12. The number of hydrogen-bond acceptors (Lipinski definition) is 5. The van der Waals surface area contributed by atoms with Crippen molar-refractivity contribution in [2.45, 2.75) is 6.42 Å². The molecule has 7 heteroatoms. The van der Waals surface area contributed by atoms with E-state index in [-0.39, 0.29) is 5.96 Å². The Kier molecular flexibility index (Phi) is 3.42. The highest BCUT2D eigenvalue weighted by Crippen LogP contribution is 2.35. The Morgan fingerprint density at radius 3 is 2.80 bits per heavy atom. The minimum atomic E-state index is 0.00422. The lowest BCUT2D eigenvalue weighted by Gasteiger charge is -2.07. The van der Waals surface area contributed by atoms with Crippen molar-refractivity contribution in [2.24, 2.45) is 16.5 Å². The number of guanidine groups is 1. The third-order valence-electron chi connectivity index (χ3n) is 2.76. The number of thiazole rings is 1. The minimum Gasteiger partial charge on any atom is -0.490 e. The van der Waals surface area contributed by atoms with Gasteiger partial charge >= 0.3 is 0 Å². The Morgan fingerprint density at radius 2 is 2.00 bits per heavy atom. The van der Waals surface area contributed by atoms with Crippen LogP contribution in [0.15, 0.2) is 28.6 Å². The van der Waals surface area contributed by atoms with E-state index >= 15 is 0 Å². The first-order chi connectivity index (χ1) is 9.72. The Balaban J connectivity index is 1.92. The van der Waals surface area contributed by atoms with Crippen LogP contribution in [0.5, 0.6) is 11.5 Å². The number of ether oxygens (including phenoxy) is 2. The SMILES string of the molecule is NC(N)=Nc1nc(-c2ccc3c(c2)OCCCO3)cs1. The van der Waals surface area contributed by atoms with Gasteiger partial charge in [-0.25, -0.2) is 4.98 Å². The van der Waals surface area contributed by atoms with E-state index in [1.165, 1.54) is 11.3 Å². The van der Waals surface area contributed by atoms with Gasteiger partial charge in [-0.3, -0.25) is 0 Å². The van der Waals surface area contributed by atoms with E-state index in [1.807, 2.05) is 23.6 Å². The second-order valence-electron chi connectivity index (χ2n) is 4.26. The molecule has 104 valence electrons. The predicted octanol–water partition coefficient (Wildman–Crippen LogP) is 1.88. The Hall–Kier alpha value is -2.28. The summed E-state index contributed by atoms with van der Waals surface area (Å²) in [6.07, 6.45) is 0.884. The van der Waals surface area contributed by atoms with Gasteiger partial charge in [0.15, 0.2) is 17.5 Å². The van der Waals surface area contributed by atoms with Gasteiger partial charge in [0.1, 0.15) is 0 Å². The number of hydrogen-bond donors (Lipinski definition) is 2. The van der Waals surface area contributed by atoms with E-state index in [1.54, 1.807) is 0 Å². The molecule has 1 aromatic carbocycles. The molecule has 0 saturated heterocycles. The van der Waals surface area contributed by atoms with Crippen molar-refractivity contribution in [3.05, 3.63) is 23.6 Å². The summed E-state index contributed by atoms with van der Waals surface area (Å²) in [6.45, 7) is 1.34. The maximum Gasteiger partial charge on any atom is 0.212 e. The average molecular weight is 290 g/mol. The summed E-state index contributed by atoms with van der Waals surface area (Å²) in [5.41, 5.74) is 12.4. The molecular weight excluding hydrogens is 276 g/mol. The molecule has 0 aliphatic carbocycles. The normalized spacial score (nSPS) is 13.6. The summed E-state index contributed by atoms with van der Waals surface area (Å²) in [4.78, 5) is 8.30. The molecule has 20 heavy (non-hydrogen) atoms. The van der Waals surface area contributed by atoms with Crippen LogP contribution in [0.4, 0.5) is 5.13 Å². The van der Waals surface area contributed by atoms with Gasteiger partial charge in [0.25, 0.3) is 0 Å².